The minimum absolute atomic E-state index is 0.346. The van der Waals surface area contributed by atoms with Crippen molar-refractivity contribution in [2.24, 2.45) is 5.73 Å². The first-order valence-corrected chi connectivity index (χ1v) is 3.98. The fraction of sp³-hybridized carbons (Fsp3) is 0.500. The molecule has 0 atom stereocenters. The Labute approximate surface area is 67.1 Å². The van der Waals surface area contributed by atoms with Crippen LogP contribution in [0.4, 0.5) is 8.78 Å². The molecule has 1 aromatic heterocycles. The number of rotatable bonds is 3. The molecular formula is C6H8F2N2S. The Bertz CT molecular complexity index is 210. The summed E-state index contributed by atoms with van der Waals surface area (Å²) in [6.07, 6.45) is 1.16. The van der Waals surface area contributed by atoms with E-state index in [-0.39, 0.29) is 6.42 Å². The average molecular weight is 178 g/mol. The number of hydrogen-bond donors (Lipinski definition) is 1. The molecule has 2 nitrogen and oxygen atoms in total. The predicted molar refractivity (Wildman–Crippen MR) is 39.8 cm³/mol. The van der Waals surface area contributed by atoms with Gasteiger partial charge in [0.25, 0.3) is 5.92 Å². The highest BCUT2D eigenvalue weighted by Gasteiger charge is 2.27. The number of thiazole rings is 1. The van der Waals surface area contributed by atoms with Crippen LogP contribution in [0.2, 0.25) is 0 Å². The third kappa shape index (κ3) is 2.51. The summed E-state index contributed by atoms with van der Waals surface area (Å²) in [7, 11) is 0. The van der Waals surface area contributed by atoms with E-state index in [1.54, 1.807) is 5.38 Å². The second-order valence-electron chi connectivity index (χ2n) is 2.16. The average Bonchev–Trinajstić information content (AvgIpc) is 2.39. The topological polar surface area (TPSA) is 38.9 Å². The Balaban J connectivity index is 2.56. The number of aromatic nitrogens is 1. The normalized spacial score (nSPS) is 11.9. The molecule has 0 unspecified atom stereocenters. The van der Waals surface area contributed by atoms with Crippen LogP contribution in [0.25, 0.3) is 0 Å². The number of halogens is 2. The smallest absolute Gasteiger partial charge is 0.266 e. The van der Waals surface area contributed by atoms with Crippen LogP contribution in [0.1, 0.15) is 5.01 Å². The molecule has 0 saturated heterocycles. The van der Waals surface area contributed by atoms with E-state index in [2.05, 4.69) is 4.98 Å². The van der Waals surface area contributed by atoms with Gasteiger partial charge in [-0.3, -0.25) is 0 Å². The predicted octanol–water partition coefficient (Wildman–Crippen LogP) is 1.28. The molecule has 0 spiro atoms. The zero-order valence-corrected chi connectivity index (χ0v) is 6.57. The molecule has 0 saturated carbocycles. The van der Waals surface area contributed by atoms with Crippen LogP contribution in [-0.2, 0) is 6.42 Å². The van der Waals surface area contributed by atoms with E-state index in [9.17, 15) is 8.78 Å². The van der Waals surface area contributed by atoms with Gasteiger partial charge in [0, 0.05) is 11.6 Å². The van der Waals surface area contributed by atoms with Crippen LogP contribution in [0.5, 0.6) is 0 Å². The number of hydrogen-bond acceptors (Lipinski definition) is 3. The Kier molecular flexibility index (Phi) is 2.51. The van der Waals surface area contributed by atoms with Crippen molar-refractivity contribution in [3.8, 4) is 0 Å². The van der Waals surface area contributed by atoms with Gasteiger partial charge in [-0.2, -0.15) is 0 Å². The van der Waals surface area contributed by atoms with Gasteiger partial charge in [0.05, 0.1) is 18.0 Å². The summed E-state index contributed by atoms with van der Waals surface area (Å²) in [5.41, 5.74) is 4.85. The van der Waals surface area contributed by atoms with Crippen molar-refractivity contribution in [2.75, 3.05) is 6.54 Å². The Morgan fingerprint density at radius 2 is 2.36 bits per heavy atom. The van der Waals surface area contributed by atoms with Crippen molar-refractivity contribution in [1.29, 1.82) is 0 Å². The van der Waals surface area contributed by atoms with E-state index < -0.39 is 12.5 Å². The van der Waals surface area contributed by atoms with E-state index in [4.69, 9.17) is 5.73 Å². The molecule has 0 aliphatic heterocycles. The Hall–Kier alpha value is -0.550. The SMILES string of the molecule is NCC(F)(F)Cc1nccs1. The van der Waals surface area contributed by atoms with E-state index in [0.29, 0.717) is 5.01 Å². The summed E-state index contributed by atoms with van der Waals surface area (Å²) in [5.74, 6) is -2.81. The molecule has 1 heterocycles. The standard InChI is InChI=1S/C6H8F2N2S/c7-6(8,4-9)3-5-10-1-2-11-5/h1-2H,3-4,9H2. The number of nitrogens with two attached hydrogens (primary N) is 1. The number of alkyl halides is 2. The lowest BCUT2D eigenvalue weighted by atomic mass is 10.2. The molecule has 5 heteroatoms. The van der Waals surface area contributed by atoms with Crippen molar-refractivity contribution in [2.45, 2.75) is 12.3 Å². The fourth-order valence-corrected chi connectivity index (χ4v) is 1.33. The number of nitrogens with zero attached hydrogens (tertiary/aromatic N) is 1. The summed E-state index contributed by atoms with van der Waals surface area (Å²) < 4.78 is 25.1. The molecule has 0 amide bonds. The third-order valence-electron chi connectivity index (χ3n) is 1.19. The van der Waals surface area contributed by atoms with Crippen LogP contribution in [0.3, 0.4) is 0 Å². The first-order valence-electron chi connectivity index (χ1n) is 3.10. The first kappa shape index (κ1) is 8.55. The molecule has 0 aliphatic rings. The van der Waals surface area contributed by atoms with Crippen LogP contribution in [0.15, 0.2) is 11.6 Å². The van der Waals surface area contributed by atoms with Crippen LogP contribution in [0, 0.1) is 0 Å². The van der Waals surface area contributed by atoms with Crippen LogP contribution in [-0.4, -0.2) is 17.5 Å². The second kappa shape index (κ2) is 3.23. The molecule has 1 aromatic rings. The minimum Gasteiger partial charge on any atom is -0.325 e. The minimum atomic E-state index is -2.81. The highest BCUT2D eigenvalue weighted by Crippen LogP contribution is 2.19. The maximum absolute atomic E-state index is 12.6. The molecule has 0 radical (unpaired) electrons. The lowest BCUT2D eigenvalue weighted by Gasteiger charge is -2.10. The van der Waals surface area contributed by atoms with Crippen molar-refractivity contribution in [1.82, 2.24) is 4.98 Å². The molecule has 1 rings (SSSR count). The van der Waals surface area contributed by atoms with Crippen molar-refractivity contribution in [3.05, 3.63) is 16.6 Å². The van der Waals surface area contributed by atoms with E-state index in [0.717, 1.165) is 0 Å². The summed E-state index contributed by atoms with van der Waals surface area (Å²) in [6.45, 7) is -0.618. The maximum Gasteiger partial charge on any atom is 0.266 e. The molecule has 11 heavy (non-hydrogen) atoms. The van der Waals surface area contributed by atoms with Crippen molar-refractivity contribution < 1.29 is 8.78 Å². The summed E-state index contributed by atoms with van der Waals surface area (Å²) in [5, 5.41) is 2.10. The van der Waals surface area contributed by atoms with Gasteiger partial charge in [0.15, 0.2) is 0 Å². The van der Waals surface area contributed by atoms with Crippen LogP contribution >= 0.6 is 11.3 Å². The van der Waals surface area contributed by atoms with Gasteiger partial charge < -0.3 is 5.73 Å². The van der Waals surface area contributed by atoms with Crippen LogP contribution < -0.4 is 5.73 Å². The summed E-state index contributed by atoms with van der Waals surface area (Å²) >= 11 is 1.22. The third-order valence-corrected chi connectivity index (χ3v) is 1.97. The lowest BCUT2D eigenvalue weighted by Crippen LogP contribution is -2.30. The van der Waals surface area contributed by atoms with Gasteiger partial charge in [-0.15, -0.1) is 11.3 Å². The van der Waals surface area contributed by atoms with Gasteiger partial charge in [-0.1, -0.05) is 0 Å². The van der Waals surface area contributed by atoms with Crippen molar-refractivity contribution in [3.63, 3.8) is 0 Å². The summed E-state index contributed by atoms with van der Waals surface area (Å²) in [4.78, 5) is 3.73. The van der Waals surface area contributed by atoms with Gasteiger partial charge in [-0.25, -0.2) is 13.8 Å². The lowest BCUT2D eigenvalue weighted by molar-refractivity contribution is 0.0114. The molecule has 62 valence electrons. The molecule has 0 aliphatic carbocycles. The van der Waals surface area contributed by atoms with Crippen molar-refractivity contribution >= 4 is 11.3 Å². The Morgan fingerprint density at radius 3 is 2.82 bits per heavy atom. The Morgan fingerprint density at radius 1 is 1.64 bits per heavy atom. The van der Waals surface area contributed by atoms with Gasteiger partial charge in [0.2, 0.25) is 0 Å². The largest absolute Gasteiger partial charge is 0.325 e. The van der Waals surface area contributed by atoms with E-state index in [1.807, 2.05) is 0 Å². The maximum atomic E-state index is 12.6. The highest BCUT2D eigenvalue weighted by molar-refractivity contribution is 7.09. The molecule has 2 N–H and O–H groups in total. The zero-order chi connectivity index (χ0) is 8.32. The molecule has 0 fully saturated rings. The van der Waals surface area contributed by atoms with E-state index >= 15 is 0 Å². The van der Waals surface area contributed by atoms with Gasteiger partial charge >= 0.3 is 0 Å². The highest BCUT2D eigenvalue weighted by atomic mass is 32.1. The monoisotopic (exact) mass is 178 g/mol. The van der Waals surface area contributed by atoms with Gasteiger partial charge in [-0.05, 0) is 0 Å². The first-order chi connectivity index (χ1) is 5.14. The quantitative estimate of drug-likeness (QED) is 0.757. The fourth-order valence-electron chi connectivity index (χ4n) is 0.634. The molecule has 0 bridgehead atoms. The van der Waals surface area contributed by atoms with Gasteiger partial charge in [0.1, 0.15) is 0 Å². The summed E-state index contributed by atoms with van der Waals surface area (Å²) in [6, 6.07) is 0. The molecular weight excluding hydrogens is 170 g/mol. The zero-order valence-electron chi connectivity index (χ0n) is 5.76. The molecule has 0 aromatic carbocycles. The van der Waals surface area contributed by atoms with E-state index in [1.165, 1.54) is 17.5 Å². The second-order valence-corrected chi connectivity index (χ2v) is 3.14.